The van der Waals surface area contributed by atoms with E-state index < -0.39 is 0 Å². The number of rotatable bonds is 8. The third-order valence-corrected chi connectivity index (χ3v) is 3.14. The van der Waals surface area contributed by atoms with E-state index in [1.807, 2.05) is 18.2 Å². The normalized spacial score (nSPS) is 10.3. The lowest BCUT2D eigenvalue weighted by Crippen LogP contribution is -2.33. The summed E-state index contributed by atoms with van der Waals surface area (Å²) in [5.41, 5.74) is 0.885. The zero-order valence-electron chi connectivity index (χ0n) is 11.5. The van der Waals surface area contributed by atoms with Gasteiger partial charge in [0.15, 0.2) is 0 Å². The van der Waals surface area contributed by atoms with E-state index in [-0.39, 0.29) is 5.91 Å². The van der Waals surface area contributed by atoms with E-state index in [1.165, 1.54) is 0 Å². The first-order chi connectivity index (χ1) is 9.17. The first-order valence-electron chi connectivity index (χ1n) is 6.47. The van der Waals surface area contributed by atoms with Crippen LogP contribution in [-0.4, -0.2) is 32.7 Å². The Balaban J connectivity index is 2.41. The van der Waals surface area contributed by atoms with Gasteiger partial charge in [-0.2, -0.15) is 0 Å². The number of hydrogen-bond acceptors (Lipinski definition) is 3. The fraction of sp³-hybridized carbons (Fsp3) is 0.500. The van der Waals surface area contributed by atoms with Crippen molar-refractivity contribution in [2.45, 2.75) is 19.8 Å². The lowest BCUT2D eigenvalue weighted by Gasteiger charge is -2.10. The number of methoxy groups -OCH3 is 1. The molecule has 0 spiro atoms. The van der Waals surface area contributed by atoms with Crippen molar-refractivity contribution in [3.05, 3.63) is 28.2 Å². The van der Waals surface area contributed by atoms with Gasteiger partial charge in [-0.25, -0.2) is 0 Å². The third-order valence-electron chi connectivity index (χ3n) is 2.64. The van der Waals surface area contributed by atoms with E-state index in [9.17, 15) is 4.79 Å². The monoisotopic (exact) mass is 328 g/mol. The van der Waals surface area contributed by atoms with Crippen LogP contribution < -0.4 is 15.4 Å². The highest BCUT2D eigenvalue weighted by atomic mass is 79.9. The Morgan fingerprint density at radius 1 is 1.32 bits per heavy atom. The van der Waals surface area contributed by atoms with Crippen LogP contribution in [0.5, 0.6) is 5.75 Å². The molecule has 1 aromatic carbocycles. The Morgan fingerprint density at radius 2 is 2.11 bits per heavy atom. The van der Waals surface area contributed by atoms with Crippen molar-refractivity contribution in [3.63, 3.8) is 0 Å². The minimum Gasteiger partial charge on any atom is -0.496 e. The standard InChI is InChI=1S/C14H21BrN2O2/c1-3-6-16-7-8-17-14(18)10-11-9-12(15)4-5-13(11)19-2/h4-5,9,16H,3,6-8,10H2,1-2H3,(H,17,18). The topological polar surface area (TPSA) is 50.4 Å². The molecule has 0 saturated heterocycles. The van der Waals surface area contributed by atoms with Gasteiger partial charge in [-0.15, -0.1) is 0 Å². The molecule has 0 bridgehead atoms. The predicted octanol–water partition coefficient (Wildman–Crippen LogP) is 2.12. The van der Waals surface area contributed by atoms with E-state index in [0.29, 0.717) is 13.0 Å². The van der Waals surface area contributed by atoms with Crippen molar-refractivity contribution >= 4 is 21.8 Å². The molecule has 1 amide bonds. The van der Waals surface area contributed by atoms with Gasteiger partial charge >= 0.3 is 0 Å². The fourth-order valence-electron chi connectivity index (χ4n) is 1.71. The predicted molar refractivity (Wildman–Crippen MR) is 80.6 cm³/mol. The van der Waals surface area contributed by atoms with Crippen molar-refractivity contribution in [3.8, 4) is 5.75 Å². The molecule has 0 aromatic heterocycles. The molecule has 0 aliphatic heterocycles. The summed E-state index contributed by atoms with van der Waals surface area (Å²) < 4.78 is 6.19. The van der Waals surface area contributed by atoms with Gasteiger partial charge in [0, 0.05) is 23.1 Å². The summed E-state index contributed by atoms with van der Waals surface area (Å²) in [6.45, 7) is 4.55. The Morgan fingerprint density at radius 3 is 2.79 bits per heavy atom. The van der Waals surface area contributed by atoms with Crippen LogP contribution in [0.4, 0.5) is 0 Å². The van der Waals surface area contributed by atoms with Crippen molar-refractivity contribution in [2.24, 2.45) is 0 Å². The summed E-state index contributed by atoms with van der Waals surface area (Å²) in [5, 5.41) is 6.13. The average molecular weight is 329 g/mol. The van der Waals surface area contributed by atoms with Gasteiger partial charge < -0.3 is 15.4 Å². The van der Waals surface area contributed by atoms with Crippen LogP contribution in [0, 0.1) is 0 Å². The maximum atomic E-state index is 11.8. The zero-order valence-corrected chi connectivity index (χ0v) is 13.0. The van der Waals surface area contributed by atoms with Gasteiger partial charge in [0.2, 0.25) is 5.91 Å². The highest BCUT2D eigenvalue weighted by Crippen LogP contribution is 2.23. The number of ether oxygens (including phenoxy) is 1. The largest absolute Gasteiger partial charge is 0.496 e. The summed E-state index contributed by atoms with van der Waals surface area (Å²) in [5.74, 6) is 0.747. The number of carbonyl (C=O) groups is 1. The first-order valence-corrected chi connectivity index (χ1v) is 7.26. The van der Waals surface area contributed by atoms with Crippen LogP contribution in [0.25, 0.3) is 0 Å². The van der Waals surface area contributed by atoms with Crippen molar-refractivity contribution in [1.82, 2.24) is 10.6 Å². The molecule has 0 radical (unpaired) electrons. The molecule has 0 saturated carbocycles. The van der Waals surface area contributed by atoms with Crippen LogP contribution in [0.2, 0.25) is 0 Å². The Hall–Kier alpha value is -1.07. The minimum atomic E-state index is 0.00898. The molecule has 4 nitrogen and oxygen atoms in total. The van der Waals surface area contributed by atoms with Gasteiger partial charge in [-0.3, -0.25) is 4.79 Å². The Bertz CT molecular complexity index is 410. The highest BCUT2D eigenvalue weighted by Gasteiger charge is 2.08. The van der Waals surface area contributed by atoms with Gasteiger partial charge in [-0.1, -0.05) is 22.9 Å². The van der Waals surface area contributed by atoms with Crippen molar-refractivity contribution in [1.29, 1.82) is 0 Å². The van der Waals surface area contributed by atoms with Crippen LogP contribution in [0.3, 0.4) is 0 Å². The summed E-state index contributed by atoms with van der Waals surface area (Å²) in [4.78, 5) is 11.8. The first kappa shape index (κ1) is 16.0. The van der Waals surface area contributed by atoms with E-state index in [1.54, 1.807) is 7.11 Å². The lowest BCUT2D eigenvalue weighted by atomic mass is 10.1. The molecule has 0 heterocycles. The van der Waals surface area contributed by atoms with E-state index >= 15 is 0 Å². The fourth-order valence-corrected chi connectivity index (χ4v) is 2.12. The highest BCUT2D eigenvalue weighted by molar-refractivity contribution is 9.10. The molecular formula is C14H21BrN2O2. The van der Waals surface area contributed by atoms with Gasteiger partial charge in [0.05, 0.1) is 13.5 Å². The molecule has 1 aromatic rings. The smallest absolute Gasteiger partial charge is 0.224 e. The van der Waals surface area contributed by atoms with Gasteiger partial charge in [-0.05, 0) is 31.2 Å². The molecule has 2 N–H and O–H groups in total. The summed E-state index contributed by atoms with van der Waals surface area (Å²) in [6.07, 6.45) is 1.43. The van der Waals surface area contributed by atoms with Gasteiger partial charge in [0.1, 0.15) is 5.75 Å². The Kier molecular flexibility index (Phi) is 7.52. The minimum absolute atomic E-state index is 0.00898. The molecule has 1 rings (SSSR count). The summed E-state index contributed by atoms with van der Waals surface area (Å²) >= 11 is 3.40. The lowest BCUT2D eigenvalue weighted by molar-refractivity contribution is -0.120. The molecule has 5 heteroatoms. The second-order valence-corrected chi connectivity index (χ2v) is 5.15. The van der Waals surface area contributed by atoms with E-state index in [4.69, 9.17) is 4.74 Å². The van der Waals surface area contributed by atoms with Gasteiger partial charge in [0.25, 0.3) is 0 Å². The molecular weight excluding hydrogens is 308 g/mol. The molecule has 0 aliphatic carbocycles. The second-order valence-electron chi connectivity index (χ2n) is 4.23. The number of halogens is 1. The van der Waals surface area contributed by atoms with Crippen LogP contribution in [0.1, 0.15) is 18.9 Å². The number of carbonyl (C=O) groups excluding carboxylic acids is 1. The number of nitrogens with one attached hydrogen (secondary N) is 2. The molecule has 0 unspecified atom stereocenters. The number of hydrogen-bond donors (Lipinski definition) is 2. The molecule has 0 fully saturated rings. The van der Waals surface area contributed by atoms with Crippen LogP contribution >= 0.6 is 15.9 Å². The summed E-state index contributed by atoms with van der Waals surface area (Å²) in [7, 11) is 1.61. The summed E-state index contributed by atoms with van der Waals surface area (Å²) in [6, 6.07) is 5.66. The Labute approximate surface area is 123 Å². The third kappa shape index (κ3) is 6.07. The maximum absolute atomic E-state index is 11.8. The molecule has 19 heavy (non-hydrogen) atoms. The van der Waals surface area contributed by atoms with E-state index in [2.05, 4.69) is 33.5 Å². The maximum Gasteiger partial charge on any atom is 0.224 e. The van der Waals surface area contributed by atoms with Crippen molar-refractivity contribution < 1.29 is 9.53 Å². The van der Waals surface area contributed by atoms with Crippen LogP contribution in [-0.2, 0) is 11.2 Å². The number of amides is 1. The SMILES string of the molecule is CCCNCCNC(=O)Cc1cc(Br)ccc1OC. The van der Waals surface area contributed by atoms with Crippen LogP contribution in [0.15, 0.2) is 22.7 Å². The molecule has 0 aliphatic rings. The molecule has 106 valence electrons. The van der Waals surface area contributed by atoms with E-state index in [0.717, 1.165) is 35.3 Å². The second kappa shape index (κ2) is 8.93. The average Bonchev–Trinajstić information content (AvgIpc) is 2.39. The molecule has 0 atom stereocenters. The zero-order chi connectivity index (χ0) is 14.1. The number of benzene rings is 1. The van der Waals surface area contributed by atoms with Crippen molar-refractivity contribution in [2.75, 3.05) is 26.7 Å². The quantitative estimate of drug-likeness (QED) is 0.719.